The van der Waals surface area contributed by atoms with Crippen LogP contribution in [0.1, 0.15) is 20.8 Å². The van der Waals surface area contributed by atoms with Crippen LogP contribution >= 0.6 is 11.3 Å². The summed E-state index contributed by atoms with van der Waals surface area (Å²) in [6, 6.07) is 6.83. The number of aromatic nitrogens is 1. The summed E-state index contributed by atoms with van der Waals surface area (Å²) in [6.07, 6.45) is 0. The van der Waals surface area contributed by atoms with Crippen molar-refractivity contribution in [1.82, 2.24) is 9.88 Å². The van der Waals surface area contributed by atoms with Crippen molar-refractivity contribution in [3.8, 4) is 0 Å². The Balaban J connectivity index is 1.47. The van der Waals surface area contributed by atoms with Gasteiger partial charge in [-0.05, 0) is 41.3 Å². The third kappa shape index (κ3) is 2.87. The lowest BCUT2D eigenvalue weighted by Crippen LogP contribution is -2.32. The molecule has 2 aromatic rings. The van der Waals surface area contributed by atoms with E-state index in [9.17, 15) is 14.7 Å². The van der Waals surface area contributed by atoms with Gasteiger partial charge in [0.15, 0.2) is 0 Å². The van der Waals surface area contributed by atoms with E-state index in [0.29, 0.717) is 52.9 Å². The van der Waals surface area contributed by atoms with E-state index in [1.54, 1.807) is 34.5 Å². The lowest BCUT2D eigenvalue weighted by Gasteiger charge is -2.19. The number of nitrogens with zero attached hydrogens (tertiary/aromatic N) is 2. The Morgan fingerprint density at radius 3 is 2.76 bits per heavy atom. The lowest BCUT2D eigenvalue weighted by atomic mass is 10.2. The minimum atomic E-state index is -0.509. The summed E-state index contributed by atoms with van der Waals surface area (Å²) in [5.41, 5.74) is 6.11. The van der Waals surface area contributed by atoms with Crippen LogP contribution in [0, 0.1) is 17.8 Å². The molecule has 2 aliphatic rings. The zero-order valence-corrected chi connectivity index (χ0v) is 14.2. The Morgan fingerprint density at radius 2 is 2.08 bits per heavy atom. The highest BCUT2D eigenvalue weighted by Crippen LogP contribution is 2.51. The van der Waals surface area contributed by atoms with E-state index in [4.69, 9.17) is 5.73 Å². The van der Waals surface area contributed by atoms with E-state index >= 15 is 0 Å². The Morgan fingerprint density at radius 1 is 1.32 bits per heavy atom. The van der Waals surface area contributed by atoms with Crippen molar-refractivity contribution in [2.75, 3.05) is 25.0 Å². The molecule has 7 nitrogen and oxygen atoms in total. The number of nitrogens with two attached hydrogens (primary N) is 1. The van der Waals surface area contributed by atoms with Crippen LogP contribution in [0.5, 0.6) is 0 Å². The molecule has 0 radical (unpaired) electrons. The SMILES string of the molecule is NC(=O)c1ccsc1Nc1cccc(C(=O)N2CC3C(CO)C3C2)n1. The number of aliphatic hydroxyl groups is 1. The predicted molar refractivity (Wildman–Crippen MR) is 93.8 cm³/mol. The minimum Gasteiger partial charge on any atom is -0.396 e. The van der Waals surface area contributed by atoms with Crippen LogP contribution in [0.15, 0.2) is 29.6 Å². The molecule has 2 atom stereocenters. The van der Waals surface area contributed by atoms with Gasteiger partial charge < -0.3 is 21.1 Å². The van der Waals surface area contributed by atoms with Crippen molar-refractivity contribution >= 4 is 34.0 Å². The minimum absolute atomic E-state index is 0.103. The smallest absolute Gasteiger partial charge is 0.272 e. The van der Waals surface area contributed by atoms with Crippen molar-refractivity contribution < 1.29 is 14.7 Å². The molecular weight excluding hydrogens is 340 g/mol. The number of likely N-dealkylation sites (tertiary alicyclic amines) is 1. The van der Waals surface area contributed by atoms with Crippen LogP contribution in [-0.4, -0.2) is 46.5 Å². The molecule has 0 bridgehead atoms. The largest absolute Gasteiger partial charge is 0.396 e. The Bertz CT molecular complexity index is 825. The van der Waals surface area contributed by atoms with Crippen LogP contribution in [0.4, 0.5) is 10.8 Å². The number of primary amides is 1. The van der Waals surface area contributed by atoms with E-state index < -0.39 is 5.91 Å². The zero-order valence-electron chi connectivity index (χ0n) is 13.4. The number of piperidine rings is 1. The maximum atomic E-state index is 12.6. The number of amides is 2. The molecular formula is C17H18N4O3S. The second-order valence-corrected chi connectivity index (χ2v) is 7.36. The van der Waals surface area contributed by atoms with Gasteiger partial charge in [-0.3, -0.25) is 9.59 Å². The first kappa shape index (κ1) is 16.0. The summed E-state index contributed by atoms with van der Waals surface area (Å²) in [4.78, 5) is 30.2. The fraction of sp³-hybridized carbons (Fsp3) is 0.353. The van der Waals surface area contributed by atoms with E-state index in [1.807, 2.05) is 0 Å². The van der Waals surface area contributed by atoms with Gasteiger partial charge in [-0.1, -0.05) is 6.07 Å². The molecule has 4 rings (SSSR count). The molecule has 1 saturated heterocycles. The number of rotatable bonds is 5. The molecule has 8 heteroatoms. The standard InChI is InChI=1S/C17H18N4O3S/c18-15(23)9-4-5-25-16(9)20-14-3-1-2-13(19-14)17(24)21-6-10-11(7-21)12(10)8-22/h1-5,10-12,22H,6-8H2,(H2,18,23)(H,19,20). The topological polar surface area (TPSA) is 109 Å². The predicted octanol–water partition coefficient (Wildman–Crippen LogP) is 1.30. The molecule has 1 aliphatic heterocycles. The molecule has 2 unspecified atom stereocenters. The molecule has 0 spiro atoms. The van der Waals surface area contributed by atoms with Gasteiger partial charge in [0.25, 0.3) is 11.8 Å². The van der Waals surface area contributed by atoms with E-state index in [2.05, 4.69) is 10.3 Å². The summed E-state index contributed by atoms with van der Waals surface area (Å²) in [5, 5.41) is 14.7. The van der Waals surface area contributed by atoms with Gasteiger partial charge in [0, 0.05) is 19.7 Å². The van der Waals surface area contributed by atoms with Crippen molar-refractivity contribution in [2.45, 2.75) is 0 Å². The van der Waals surface area contributed by atoms with Gasteiger partial charge in [0.2, 0.25) is 0 Å². The van der Waals surface area contributed by atoms with Gasteiger partial charge >= 0.3 is 0 Å². The maximum Gasteiger partial charge on any atom is 0.272 e. The quantitative estimate of drug-likeness (QED) is 0.746. The molecule has 0 aromatic carbocycles. The average molecular weight is 358 g/mol. The number of thiophene rings is 1. The second kappa shape index (κ2) is 6.12. The highest BCUT2D eigenvalue weighted by Gasteiger charge is 2.56. The summed E-state index contributed by atoms with van der Waals surface area (Å²) >= 11 is 1.35. The molecule has 2 aromatic heterocycles. The van der Waals surface area contributed by atoms with Gasteiger partial charge in [0.1, 0.15) is 16.5 Å². The molecule has 2 amide bonds. The number of carbonyl (C=O) groups is 2. The summed E-state index contributed by atoms with van der Waals surface area (Å²) in [6.45, 7) is 1.58. The first-order valence-electron chi connectivity index (χ1n) is 8.10. The number of hydrogen-bond donors (Lipinski definition) is 3. The summed E-state index contributed by atoms with van der Waals surface area (Å²) in [5.74, 6) is 1.10. The zero-order chi connectivity index (χ0) is 17.6. The fourth-order valence-electron chi connectivity index (χ4n) is 3.59. The average Bonchev–Trinajstić information content (AvgIpc) is 2.96. The highest BCUT2D eigenvalue weighted by molar-refractivity contribution is 7.14. The number of hydrogen-bond acceptors (Lipinski definition) is 6. The molecule has 25 heavy (non-hydrogen) atoms. The lowest BCUT2D eigenvalue weighted by molar-refractivity contribution is 0.0754. The van der Waals surface area contributed by atoms with Crippen molar-refractivity contribution in [1.29, 1.82) is 0 Å². The molecule has 3 heterocycles. The van der Waals surface area contributed by atoms with Gasteiger partial charge in [-0.15, -0.1) is 11.3 Å². The first-order valence-corrected chi connectivity index (χ1v) is 8.98. The normalized spacial score (nSPS) is 24.0. The van der Waals surface area contributed by atoms with Crippen LogP contribution in [-0.2, 0) is 0 Å². The molecule has 2 fully saturated rings. The third-order valence-electron chi connectivity index (χ3n) is 5.01. The molecule has 1 aliphatic carbocycles. The van der Waals surface area contributed by atoms with Crippen LogP contribution in [0.25, 0.3) is 0 Å². The van der Waals surface area contributed by atoms with Crippen LogP contribution < -0.4 is 11.1 Å². The fourth-order valence-corrected chi connectivity index (χ4v) is 4.39. The van der Waals surface area contributed by atoms with Crippen LogP contribution in [0.3, 0.4) is 0 Å². The van der Waals surface area contributed by atoms with Gasteiger partial charge in [-0.2, -0.15) is 0 Å². The third-order valence-corrected chi connectivity index (χ3v) is 5.84. The number of nitrogens with one attached hydrogen (secondary N) is 1. The van der Waals surface area contributed by atoms with Gasteiger partial charge in [-0.25, -0.2) is 4.98 Å². The number of fused-ring (bicyclic) bond motifs is 1. The van der Waals surface area contributed by atoms with Gasteiger partial charge in [0.05, 0.1) is 5.56 Å². The Kier molecular flexibility index (Phi) is 3.93. The Hall–Kier alpha value is -2.45. The Labute approximate surface area is 148 Å². The second-order valence-electron chi connectivity index (χ2n) is 6.44. The van der Waals surface area contributed by atoms with Crippen molar-refractivity contribution in [3.63, 3.8) is 0 Å². The van der Waals surface area contributed by atoms with Crippen molar-refractivity contribution in [2.24, 2.45) is 23.5 Å². The summed E-state index contributed by atoms with van der Waals surface area (Å²) in [7, 11) is 0. The number of pyridine rings is 1. The van der Waals surface area contributed by atoms with Crippen LogP contribution in [0.2, 0.25) is 0 Å². The number of aliphatic hydroxyl groups excluding tert-OH is 1. The summed E-state index contributed by atoms with van der Waals surface area (Å²) < 4.78 is 0. The number of anilines is 2. The monoisotopic (exact) mass is 358 g/mol. The molecule has 4 N–H and O–H groups in total. The van der Waals surface area contributed by atoms with E-state index in [0.717, 1.165) is 0 Å². The van der Waals surface area contributed by atoms with Crippen molar-refractivity contribution in [3.05, 3.63) is 40.9 Å². The molecule has 130 valence electrons. The maximum absolute atomic E-state index is 12.6. The molecule has 1 saturated carbocycles. The van der Waals surface area contributed by atoms with E-state index in [1.165, 1.54) is 11.3 Å². The number of carbonyl (C=O) groups excluding carboxylic acids is 2. The van der Waals surface area contributed by atoms with E-state index in [-0.39, 0.29) is 12.5 Å². The highest BCUT2D eigenvalue weighted by atomic mass is 32.1. The first-order chi connectivity index (χ1) is 12.1.